The minimum absolute atomic E-state index is 0.0146. The van der Waals surface area contributed by atoms with Gasteiger partial charge >= 0.3 is 0 Å². The molecule has 1 N–H and O–H groups in total. The Morgan fingerprint density at radius 2 is 2.13 bits per heavy atom. The minimum Gasteiger partial charge on any atom is -0.497 e. The molecule has 0 radical (unpaired) electrons. The third-order valence-electron chi connectivity index (χ3n) is 4.92. The lowest BCUT2D eigenvalue weighted by Crippen LogP contribution is -2.32. The summed E-state index contributed by atoms with van der Waals surface area (Å²) in [5.41, 5.74) is 5.04. The number of carbonyl (C=O) groups excluding carboxylic acids is 1. The van der Waals surface area contributed by atoms with Gasteiger partial charge in [0.1, 0.15) is 5.75 Å². The van der Waals surface area contributed by atoms with Gasteiger partial charge in [0.25, 0.3) is 5.91 Å². The van der Waals surface area contributed by atoms with Crippen molar-refractivity contribution < 1.29 is 9.53 Å². The molecule has 0 spiro atoms. The van der Waals surface area contributed by atoms with Gasteiger partial charge in [-0.3, -0.25) is 9.89 Å². The zero-order chi connectivity index (χ0) is 15.8. The number of hydrogen-bond donors (Lipinski definition) is 1. The lowest BCUT2D eigenvalue weighted by atomic mass is 10.1. The third-order valence-corrected chi connectivity index (χ3v) is 4.92. The molecule has 5 nitrogen and oxygen atoms in total. The van der Waals surface area contributed by atoms with E-state index in [0.29, 0.717) is 5.69 Å². The summed E-state index contributed by atoms with van der Waals surface area (Å²) in [7, 11) is 1.66. The van der Waals surface area contributed by atoms with Crippen LogP contribution in [0.1, 0.15) is 46.6 Å². The average molecular weight is 311 g/mol. The molecule has 0 fully saturated rings. The number of aromatic nitrogens is 2. The van der Waals surface area contributed by atoms with Crippen LogP contribution >= 0.6 is 0 Å². The second-order valence-electron chi connectivity index (χ2n) is 6.29. The van der Waals surface area contributed by atoms with E-state index < -0.39 is 0 Å². The normalized spacial score (nSPS) is 16.7. The van der Waals surface area contributed by atoms with Crippen molar-refractivity contribution >= 4 is 11.6 Å². The van der Waals surface area contributed by atoms with E-state index in [4.69, 9.17) is 4.74 Å². The largest absolute Gasteiger partial charge is 0.497 e. The van der Waals surface area contributed by atoms with Crippen molar-refractivity contribution in [2.24, 2.45) is 0 Å². The van der Waals surface area contributed by atoms with E-state index in [9.17, 15) is 4.79 Å². The number of ether oxygens (including phenoxy) is 1. The van der Waals surface area contributed by atoms with Crippen LogP contribution in [0.5, 0.6) is 5.75 Å². The molecule has 2 heterocycles. The molecule has 1 aliphatic carbocycles. The maximum atomic E-state index is 13.1. The fraction of sp³-hybridized carbons (Fsp3) is 0.444. The predicted octanol–water partition coefficient (Wildman–Crippen LogP) is 2.89. The van der Waals surface area contributed by atoms with Gasteiger partial charge in [-0.15, -0.1) is 0 Å². The zero-order valence-corrected chi connectivity index (χ0v) is 13.4. The van der Waals surface area contributed by atoms with Gasteiger partial charge in [-0.1, -0.05) is 6.07 Å². The van der Waals surface area contributed by atoms with Crippen molar-refractivity contribution in [1.29, 1.82) is 0 Å². The van der Waals surface area contributed by atoms with Crippen molar-refractivity contribution in [3.05, 3.63) is 40.7 Å². The molecule has 0 atom stereocenters. The van der Waals surface area contributed by atoms with Gasteiger partial charge in [-0.25, -0.2) is 0 Å². The molecule has 23 heavy (non-hydrogen) atoms. The summed E-state index contributed by atoms with van der Waals surface area (Å²) in [4.78, 5) is 15.0. The van der Waals surface area contributed by atoms with Crippen molar-refractivity contribution in [1.82, 2.24) is 10.2 Å². The summed E-state index contributed by atoms with van der Waals surface area (Å²) in [5.74, 6) is 0.802. The van der Waals surface area contributed by atoms with E-state index in [1.54, 1.807) is 7.11 Å². The Morgan fingerprint density at radius 1 is 1.22 bits per heavy atom. The van der Waals surface area contributed by atoms with Crippen molar-refractivity contribution in [2.75, 3.05) is 18.6 Å². The Morgan fingerprint density at radius 3 is 3.00 bits per heavy atom. The highest BCUT2D eigenvalue weighted by Crippen LogP contribution is 2.32. The van der Waals surface area contributed by atoms with Crippen LogP contribution in [-0.2, 0) is 19.3 Å². The molecular formula is C18H21N3O2. The molecule has 1 aliphatic heterocycles. The first-order valence-corrected chi connectivity index (χ1v) is 8.33. The first-order valence-electron chi connectivity index (χ1n) is 8.33. The number of hydrogen-bond acceptors (Lipinski definition) is 3. The molecule has 0 unspecified atom stereocenters. The molecule has 0 bridgehead atoms. The van der Waals surface area contributed by atoms with E-state index in [-0.39, 0.29) is 5.91 Å². The number of aromatic amines is 1. The molecule has 5 heteroatoms. The van der Waals surface area contributed by atoms with Gasteiger partial charge in [0.15, 0.2) is 5.69 Å². The number of methoxy groups -OCH3 is 1. The molecule has 2 aliphatic rings. The molecule has 120 valence electrons. The minimum atomic E-state index is 0.0146. The van der Waals surface area contributed by atoms with Crippen LogP contribution in [0.25, 0.3) is 0 Å². The van der Waals surface area contributed by atoms with Crippen LogP contribution in [0.2, 0.25) is 0 Å². The van der Waals surface area contributed by atoms with Crippen LogP contribution in [0.3, 0.4) is 0 Å². The van der Waals surface area contributed by atoms with Crippen molar-refractivity contribution in [2.45, 2.75) is 38.5 Å². The van der Waals surface area contributed by atoms with Crippen LogP contribution in [-0.4, -0.2) is 29.8 Å². The molecule has 0 saturated carbocycles. The van der Waals surface area contributed by atoms with Gasteiger partial charge in [0.05, 0.1) is 12.8 Å². The quantitative estimate of drug-likeness (QED) is 0.928. The number of rotatable bonds is 2. The molecule has 1 aromatic heterocycles. The second-order valence-corrected chi connectivity index (χ2v) is 6.29. The van der Waals surface area contributed by atoms with Crippen molar-refractivity contribution in [3.63, 3.8) is 0 Å². The number of amides is 1. The molecule has 4 rings (SSSR count). The molecule has 1 amide bonds. The van der Waals surface area contributed by atoms with Crippen LogP contribution in [0.4, 0.5) is 5.69 Å². The monoisotopic (exact) mass is 311 g/mol. The highest BCUT2D eigenvalue weighted by Gasteiger charge is 2.29. The van der Waals surface area contributed by atoms with Crippen LogP contribution in [0.15, 0.2) is 18.2 Å². The number of anilines is 1. The number of fused-ring (bicyclic) bond motifs is 2. The standard InChI is InChI=1S/C18H21N3O2/c1-23-13-9-8-12-5-2-3-10-21(16(12)11-13)18(22)17-14-6-4-7-15(14)19-20-17/h8-9,11H,2-7,10H2,1H3,(H,19,20). The lowest BCUT2D eigenvalue weighted by molar-refractivity contribution is 0.0981. The Bertz CT molecular complexity index is 751. The number of aryl methyl sites for hydroxylation is 2. The molecule has 1 aromatic carbocycles. The predicted molar refractivity (Wildman–Crippen MR) is 88.2 cm³/mol. The number of carbonyl (C=O) groups is 1. The summed E-state index contributed by atoms with van der Waals surface area (Å²) in [6, 6.07) is 6.03. The third kappa shape index (κ3) is 2.40. The lowest BCUT2D eigenvalue weighted by Gasteiger charge is -2.23. The average Bonchev–Trinajstić information content (AvgIpc) is 3.12. The Balaban J connectivity index is 1.75. The summed E-state index contributed by atoms with van der Waals surface area (Å²) in [5, 5.41) is 7.36. The van der Waals surface area contributed by atoms with Gasteiger partial charge in [-0.2, -0.15) is 5.10 Å². The Labute approximate surface area is 135 Å². The van der Waals surface area contributed by atoms with Gasteiger partial charge in [-0.05, 0) is 50.2 Å². The number of nitrogens with zero attached hydrogens (tertiary/aromatic N) is 2. The maximum Gasteiger partial charge on any atom is 0.279 e. The van der Waals surface area contributed by atoms with Crippen LogP contribution < -0.4 is 9.64 Å². The summed E-state index contributed by atoms with van der Waals surface area (Å²) < 4.78 is 5.35. The van der Waals surface area contributed by atoms with E-state index >= 15 is 0 Å². The first kappa shape index (κ1) is 14.3. The summed E-state index contributed by atoms with van der Waals surface area (Å²) >= 11 is 0. The zero-order valence-electron chi connectivity index (χ0n) is 13.4. The van der Waals surface area contributed by atoms with Crippen molar-refractivity contribution in [3.8, 4) is 5.75 Å². The Hall–Kier alpha value is -2.30. The van der Waals surface area contributed by atoms with Gasteiger partial charge in [0, 0.05) is 23.9 Å². The molecular weight excluding hydrogens is 290 g/mol. The summed E-state index contributed by atoms with van der Waals surface area (Å²) in [6.07, 6.45) is 6.17. The molecule has 0 saturated heterocycles. The van der Waals surface area contributed by atoms with E-state index in [2.05, 4.69) is 16.3 Å². The van der Waals surface area contributed by atoms with E-state index in [0.717, 1.165) is 67.8 Å². The SMILES string of the molecule is COc1ccc2c(c1)N(C(=O)c1n[nH]c3c1CCC3)CCCC2. The maximum absolute atomic E-state index is 13.1. The first-order chi connectivity index (χ1) is 11.3. The second kappa shape index (κ2) is 5.72. The van der Waals surface area contributed by atoms with Gasteiger partial charge in [0.2, 0.25) is 0 Å². The fourth-order valence-electron chi connectivity index (χ4n) is 3.67. The summed E-state index contributed by atoms with van der Waals surface area (Å²) in [6.45, 7) is 0.737. The Kier molecular flexibility index (Phi) is 3.56. The van der Waals surface area contributed by atoms with Crippen LogP contribution in [0, 0.1) is 0 Å². The highest BCUT2D eigenvalue weighted by atomic mass is 16.5. The van der Waals surface area contributed by atoms with E-state index in [1.807, 2.05) is 17.0 Å². The molecule has 2 aromatic rings. The number of benzene rings is 1. The van der Waals surface area contributed by atoms with Gasteiger partial charge < -0.3 is 9.64 Å². The smallest absolute Gasteiger partial charge is 0.279 e. The fourth-order valence-corrected chi connectivity index (χ4v) is 3.67. The topological polar surface area (TPSA) is 58.2 Å². The number of nitrogens with one attached hydrogen (secondary N) is 1. The van der Waals surface area contributed by atoms with E-state index in [1.165, 1.54) is 5.56 Å². The number of H-pyrrole nitrogens is 1. The highest BCUT2D eigenvalue weighted by molar-refractivity contribution is 6.06.